The number of unbranched alkanes of at least 4 members (excludes halogenated alkanes) is 3. The molecule has 3 heterocycles. The third-order valence-corrected chi connectivity index (χ3v) is 19.2. The third-order valence-electron chi connectivity index (χ3n) is 17.1. The van der Waals surface area contributed by atoms with Crippen molar-refractivity contribution in [1.82, 2.24) is 20.9 Å². The van der Waals surface area contributed by atoms with Gasteiger partial charge in [0.15, 0.2) is 11.5 Å². The Bertz CT molecular complexity index is 2900. The van der Waals surface area contributed by atoms with Gasteiger partial charge in [0, 0.05) is 93.8 Å². The van der Waals surface area contributed by atoms with E-state index in [1.54, 1.807) is 52.1 Å². The molecule has 23 heteroatoms. The zero-order valence-electron chi connectivity index (χ0n) is 52.1. The summed E-state index contributed by atoms with van der Waals surface area (Å²) in [4.78, 5) is 124. The fraction of sp³-hybridized carbons (Fsp3) is 0.609. The molecule has 480 valence electrons. The quantitative estimate of drug-likeness (QED) is 0.0242. The van der Waals surface area contributed by atoms with Crippen molar-refractivity contribution in [2.75, 3.05) is 43.3 Å². The van der Waals surface area contributed by atoms with Crippen LogP contribution >= 0.6 is 43.5 Å². The number of Topliss-reactive ketones (excluding diaryl/α,β-unsaturated/α-hetero) is 3. The molecule has 0 spiro atoms. The van der Waals surface area contributed by atoms with Gasteiger partial charge in [-0.25, -0.2) is 14.4 Å². The summed E-state index contributed by atoms with van der Waals surface area (Å²) < 4.78 is 24.0. The van der Waals surface area contributed by atoms with E-state index in [1.165, 1.54) is 36.9 Å². The number of halogens is 3. The smallest absolute Gasteiger partial charge is 0.409 e. The van der Waals surface area contributed by atoms with Gasteiger partial charge in [-0.15, -0.1) is 0 Å². The zero-order valence-corrected chi connectivity index (χ0v) is 56.0. The van der Waals surface area contributed by atoms with Gasteiger partial charge in [-0.05, 0) is 113 Å². The largest absolute Gasteiger partial charge is 0.457 e. The van der Waals surface area contributed by atoms with Crippen molar-refractivity contribution in [2.45, 2.75) is 187 Å². The molecule has 10 atom stereocenters. The summed E-state index contributed by atoms with van der Waals surface area (Å²) in [5.74, 6) is -4.13. The van der Waals surface area contributed by atoms with Gasteiger partial charge in [0.05, 0.1) is 29.3 Å². The number of ether oxygens (including phenoxy) is 4. The van der Waals surface area contributed by atoms with E-state index >= 15 is 0 Å². The molecule has 20 nitrogen and oxygen atoms in total. The number of alkyl carbamates (subject to hydrolysis) is 1. The monoisotopic (exact) mass is 1360 g/mol. The normalized spacial score (nSPS) is 24.3. The molecule has 6 N–H and O–H groups in total. The SMILES string of the molecule is CO[C@@H]1/C=C/C=C(\C)Cc2cc(C)c(Cl)c(c2)N(C)C(=O)C[C@H](OC(=O)[C@H](C)N(C)C(=O)c2ccc(CC(=O)[C@H](CCCNC(N)=O)NC(=O)[C@@H](CC(=O)CCCCCCC(=O)C(CBr)CBr)C(C)C)c(C)c2)[C@]2(C)O[C@H]2[C@H](C)[C@@H]2C[C@@]1(O)NC(=O)O2. The molecule has 87 heavy (non-hydrogen) atoms. The summed E-state index contributed by atoms with van der Waals surface area (Å²) in [6.45, 7) is 14.3. The topological polar surface area (TPSA) is 283 Å². The molecule has 3 aliphatic heterocycles. The number of esters is 1. The summed E-state index contributed by atoms with van der Waals surface area (Å²) in [7, 11) is 4.44. The first-order chi connectivity index (χ1) is 41.0. The average molecular weight is 1360 g/mol. The maximum atomic E-state index is 14.5. The molecule has 6 amide bonds. The van der Waals surface area contributed by atoms with Crippen molar-refractivity contribution in [1.29, 1.82) is 0 Å². The minimum Gasteiger partial charge on any atom is -0.457 e. The number of carbonyl (C=O) groups excluding carboxylic acids is 9. The van der Waals surface area contributed by atoms with Gasteiger partial charge >= 0.3 is 18.1 Å². The number of allylic oxidation sites excluding steroid dienone is 3. The predicted molar refractivity (Wildman–Crippen MR) is 339 cm³/mol. The lowest BCUT2D eigenvalue weighted by Crippen LogP contribution is -2.63. The number of methoxy groups -OCH3 is 1. The van der Waals surface area contributed by atoms with Gasteiger partial charge in [0.25, 0.3) is 5.91 Å². The minimum atomic E-state index is -1.89. The van der Waals surface area contributed by atoms with Crippen LogP contribution in [-0.2, 0) is 60.6 Å². The maximum Gasteiger partial charge on any atom is 0.409 e. The van der Waals surface area contributed by atoms with Crippen LogP contribution < -0.4 is 26.6 Å². The van der Waals surface area contributed by atoms with Crippen molar-refractivity contribution in [3.63, 3.8) is 0 Å². The van der Waals surface area contributed by atoms with E-state index in [-0.39, 0.29) is 79.8 Å². The van der Waals surface area contributed by atoms with Gasteiger partial charge in [-0.2, -0.15) is 0 Å². The second-order valence-corrected chi connectivity index (χ2v) is 25.9. The van der Waals surface area contributed by atoms with Crippen LogP contribution in [-0.4, -0.2) is 149 Å². The Kier molecular flexibility index (Phi) is 27.2. The molecule has 0 aliphatic carbocycles. The number of aryl methyl sites for hydroxylation is 2. The van der Waals surface area contributed by atoms with Crippen LogP contribution in [0, 0.1) is 37.5 Å². The van der Waals surface area contributed by atoms with E-state index in [4.69, 9.17) is 36.3 Å². The zero-order chi connectivity index (χ0) is 64.7. The van der Waals surface area contributed by atoms with E-state index in [1.807, 2.05) is 45.9 Å². The molecule has 2 aromatic rings. The van der Waals surface area contributed by atoms with Crippen LogP contribution in [0.25, 0.3) is 0 Å². The number of nitrogens with one attached hydrogen (secondary N) is 3. The highest BCUT2D eigenvalue weighted by atomic mass is 79.9. The molecule has 2 saturated heterocycles. The van der Waals surface area contributed by atoms with E-state index in [0.717, 1.165) is 36.0 Å². The highest BCUT2D eigenvalue weighted by Crippen LogP contribution is 2.49. The second-order valence-electron chi connectivity index (χ2n) is 24.2. The lowest BCUT2D eigenvalue weighted by Gasteiger charge is -2.42. The fourth-order valence-corrected chi connectivity index (χ4v) is 13.3. The molecule has 2 aromatic carbocycles. The molecule has 2 fully saturated rings. The number of anilines is 1. The van der Waals surface area contributed by atoms with E-state index in [9.17, 15) is 48.3 Å². The molecule has 0 saturated carbocycles. The standard InChI is InChI=1S/C64H89Br2ClN6O14/c1-36(2)47(31-46(74)19-14-12-13-15-21-50(75)45(34-65)35-66)58(78)70-48(20-17-25-69-61(68)81)51(76)30-43-23-24-44(28-38(43)4)59(79)72(9)41(7)60(80)86-54-32-55(77)73(10)49-29-42(27-39(5)56(49)67)26-37(3)18-16-22-53(84-11)64(83)33-52(85-62(82)71-64)40(6)57-63(54,8)87-57/h16,18,22-24,27-29,36,40-41,45,47-48,52-54,57,83H,12-15,17,19-21,25-26,30-35H2,1-11H3,(H,70,78)(H,71,82)(H3,68,69,81)/b22-16+,37-18+/t40-,41+,47+,48+,52+,53-,54+,57+,63+,64+/m1/s1. The number of hydrogen-bond donors (Lipinski definition) is 5. The molecule has 0 radical (unpaired) electrons. The number of carbonyl (C=O) groups is 9. The number of alkyl halides is 2. The number of urea groups is 1. The second kappa shape index (κ2) is 32.8. The van der Waals surface area contributed by atoms with E-state index in [0.29, 0.717) is 58.2 Å². The average Bonchev–Trinajstić information content (AvgIpc) is 1.65. The number of ketones is 3. The van der Waals surface area contributed by atoms with Crippen LogP contribution in [0.5, 0.6) is 0 Å². The van der Waals surface area contributed by atoms with Crippen molar-refractivity contribution in [3.05, 3.63) is 87.0 Å². The third kappa shape index (κ3) is 19.7. The number of aliphatic hydroxyl groups is 1. The van der Waals surface area contributed by atoms with Crippen molar-refractivity contribution >= 4 is 102 Å². The van der Waals surface area contributed by atoms with Crippen molar-refractivity contribution < 1.29 is 67.2 Å². The highest BCUT2D eigenvalue weighted by molar-refractivity contribution is 9.09. The highest BCUT2D eigenvalue weighted by Gasteiger charge is 2.64. The number of primary amides is 1. The first-order valence-corrected chi connectivity index (χ1v) is 32.5. The lowest BCUT2D eigenvalue weighted by molar-refractivity contribution is -0.158. The summed E-state index contributed by atoms with van der Waals surface area (Å²) in [6, 6.07) is 5.58. The van der Waals surface area contributed by atoms with Gasteiger partial charge in [-0.3, -0.25) is 34.1 Å². The van der Waals surface area contributed by atoms with Gasteiger partial charge < -0.3 is 50.2 Å². The van der Waals surface area contributed by atoms with Gasteiger partial charge in [0.2, 0.25) is 11.8 Å². The Hall–Kier alpha value is -5.52. The number of rotatable bonds is 27. The van der Waals surface area contributed by atoms with E-state index < -0.39 is 95.5 Å². The number of benzene rings is 2. The fourth-order valence-electron chi connectivity index (χ4n) is 11.2. The van der Waals surface area contributed by atoms with Gasteiger partial charge in [0.1, 0.15) is 41.5 Å². The molecule has 0 aromatic heterocycles. The van der Waals surface area contributed by atoms with Crippen molar-refractivity contribution in [3.8, 4) is 0 Å². The predicted octanol–water partition coefficient (Wildman–Crippen LogP) is 9.03. The molecular formula is C64H89Br2ClN6O14. The summed E-state index contributed by atoms with van der Waals surface area (Å²) in [5.41, 5.74) is 6.37. The summed E-state index contributed by atoms with van der Waals surface area (Å²) >= 11 is 13.6. The molecule has 4 bridgehead atoms. The Morgan fingerprint density at radius 1 is 0.966 bits per heavy atom. The number of fused-ring (bicyclic) bond motifs is 5. The van der Waals surface area contributed by atoms with Crippen LogP contribution in [0.4, 0.5) is 15.3 Å². The first-order valence-electron chi connectivity index (χ1n) is 29.9. The van der Waals surface area contributed by atoms with Crippen molar-refractivity contribution in [2.24, 2.45) is 29.4 Å². The summed E-state index contributed by atoms with van der Waals surface area (Å²) in [5, 5.41) is 21.4. The Labute approximate surface area is 533 Å². The van der Waals surface area contributed by atoms with Crippen LogP contribution in [0.2, 0.25) is 5.02 Å². The Morgan fingerprint density at radius 2 is 1.64 bits per heavy atom. The number of epoxide rings is 1. The number of amides is 6. The van der Waals surface area contributed by atoms with Crippen LogP contribution in [0.15, 0.2) is 54.1 Å². The number of hydrogen-bond acceptors (Lipinski definition) is 14. The number of nitrogens with two attached hydrogens (primary N) is 1. The lowest BCUT2D eigenvalue weighted by atomic mass is 9.83. The number of nitrogens with zero attached hydrogens (tertiary/aromatic N) is 2. The molecular weight excluding hydrogens is 1270 g/mol. The Morgan fingerprint density at radius 3 is 2.28 bits per heavy atom. The summed E-state index contributed by atoms with van der Waals surface area (Å²) in [6.07, 6.45) is 4.50. The molecule has 0 unspecified atom stereocenters. The van der Waals surface area contributed by atoms with Gasteiger partial charge in [-0.1, -0.05) is 113 Å². The van der Waals surface area contributed by atoms with Crippen LogP contribution in [0.3, 0.4) is 0 Å². The molecule has 3 aliphatic rings. The maximum absolute atomic E-state index is 14.5. The van der Waals surface area contributed by atoms with Crippen LogP contribution in [0.1, 0.15) is 145 Å². The molecule has 5 rings (SSSR count). The van der Waals surface area contributed by atoms with E-state index in [2.05, 4.69) is 47.8 Å². The first kappa shape index (κ1) is 72.2. The number of likely N-dealkylation sites (N-methyl/N-ethyl adjacent to an activating group) is 1. The minimum absolute atomic E-state index is 0.00190. The Balaban J connectivity index is 1.31.